The molecule has 0 aliphatic rings. The van der Waals surface area contributed by atoms with Crippen molar-refractivity contribution in [2.24, 2.45) is 0 Å². The molecule has 0 saturated heterocycles. The summed E-state index contributed by atoms with van der Waals surface area (Å²) in [5.74, 6) is 0.358. The highest BCUT2D eigenvalue weighted by Gasteiger charge is 2.44. The third kappa shape index (κ3) is 4.71. The van der Waals surface area contributed by atoms with Gasteiger partial charge in [0.15, 0.2) is 0 Å². The normalized spacial score (nSPS) is 14.0. The maximum absolute atomic E-state index is 12.5. The number of halogens is 1. The van der Waals surface area contributed by atoms with Crippen LogP contribution in [0.25, 0.3) is 10.9 Å². The van der Waals surface area contributed by atoms with Gasteiger partial charge in [0.25, 0.3) is 0 Å². The average Bonchev–Trinajstić information content (AvgIpc) is 3.36. The first kappa shape index (κ1) is 24.0. The minimum absolute atomic E-state index is 0.389. The van der Waals surface area contributed by atoms with Crippen LogP contribution in [-0.4, -0.2) is 42.7 Å². The van der Waals surface area contributed by atoms with Crippen molar-refractivity contribution < 1.29 is 14.3 Å². The third-order valence-electron chi connectivity index (χ3n) is 6.01. The monoisotopic (exact) mass is 519 g/mol. The summed E-state index contributed by atoms with van der Waals surface area (Å²) in [6, 6.07) is 20.8. The largest absolute Gasteiger partial charge is 0.481 e. The van der Waals surface area contributed by atoms with Gasteiger partial charge in [0.05, 0.1) is 36.4 Å². The van der Waals surface area contributed by atoms with E-state index in [1.807, 2.05) is 55.4 Å². The molecule has 0 aliphatic carbocycles. The predicted octanol–water partition coefficient (Wildman–Crippen LogP) is 5.44. The van der Waals surface area contributed by atoms with Gasteiger partial charge in [0.2, 0.25) is 5.88 Å². The van der Waals surface area contributed by atoms with Crippen LogP contribution in [0.15, 0.2) is 75.8 Å². The molecule has 0 saturated carbocycles. The summed E-state index contributed by atoms with van der Waals surface area (Å²) < 4.78 is 12.5. The van der Waals surface area contributed by atoms with Crippen molar-refractivity contribution in [3.8, 4) is 11.9 Å². The van der Waals surface area contributed by atoms with Gasteiger partial charge < -0.3 is 19.2 Å². The van der Waals surface area contributed by atoms with Crippen molar-refractivity contribution in [1.82, 2.24) is 9.88 Å². The lowest BCUT2D eigenvalue weighted by molar-refractivity contribution is -0.00169. The van der Waals surface area contributed by atoms with E-state index in [-0.39, 0.29) is 0 Å². The Morgan fingerprint density at radius 3 is 2.68 bits per heavy atom. The van der Waals surface area contributed by atoms with Crippen LogP contribution in [0, 0.1) is 11.3 Å². The number of aromatic nitrogens is 1. The van der Waals surface area contributed by atoms with E-state index in [0.717, 1.165) is 15.4 Å². The zero-order valence-corrected chi connectivity index (χ0v) is 20.9. The van der Waals surface area contributed by atoms with Gasteiger partial charge in [-0.2, -0.15) is 5.26 Å². The van der Waals surface area contributed by atoms with E-state index in [4.69, 9.17) is 14.1 Å². The number of hydrogen-bond acceptors (Lipinski definition) is 6. The van der Waals surface area contributed by atoms with Crippen molar-refractivity contribution in [1.29, 1.82) is 5.26 Å². The molecular weight excluding hydrogens is 494 g/mol. The summed E-state index contributed by atoms with van der Waals surface area (Å²) in [7, 11) is 5.50. The molecule has 7 heteroatoms. The van der Waals surface area contributed by atoms with Crippen molar-refractivity contribution >= 4 is 26.8 Å². The summed E-state index contributed by atoms with van der Waals surface area (Å²) in [5.41, 5.74) is 1.18. The first-order valence-corrected chi connectivity index (χ1v) is 11.7. The van der Waals surface area contributed by atoms with Crippen molar-refractivity contribution in [2.75, 3.05) is 27.7 Å². The van der Waals surface area contributed by atoms with E-state index < -0.39 is 11.5 Å². The number of furan rings is 1. The van der Waals surface area contributed by atoms with Crippen LogP contribution in [0.4, 0.5) is 0 Å². The molecule has 2 atom stereocenters. The lowest BCUT2D eigenvalue weighted by atomic mass is 9.73. The van der Waals surface area contributed by atoms with Crippen LogP contribution in [0.5, 0.6) is 5.88 Å². The predicted molar refractivity (Wildman–Crippen MR) is 135 cm³/mol. The number of methoxy groups -OCH3 is 1. The standard InChI is InChI=1S/C27H26BrN3O3/c1-31(2)12-11-27(32,20-7-4-6-18(14-20)17-29)25(24-8-5-13-34-24)22-16-19-15-21(28)9-10-23(19)30-26(22)33-3/h4-10,13-16,25,32H,11-12H2,1-3H3. The number of benzene rings is 2. The Bertz CT molecular complexity index is 1330. The van der Waals surface area contributed by atoms with E-state index in [1.54, 1.807) is 37.6 Å². The zero-order chi connectivity index (χ0) is 24.3. The molecule has 34 heavy (non-hydrogen) atoms. The van der Waals surface area contributed by atoms with Crippen molar-refractivity contribution in [3.63, 3.8) is 0 Å². The molecule has 0 aliphatic heterocycles. The van der Waals surface area contributed by atoms with Gasteiger partial charge in [-0.3, -0.25) is 0 Å². The highest BCUT2D eigenvalue weighted by Crippen LogP contribution is 2.47. The Labute approximate surface area is 207 Å². The van der Waals surface area contributed by atoms with Crippen LogP contribution in [0.3, 0.4) is 0 Å². The molecule has 2 unspecified atom stereocenters. The summed E-state index contributed by atoms with van der Waals surface area (Å²) in [5, 5.41) is 22.9. The topological polar surface area (TPSA) is 82.5 Å². The van der Waals surface area contributed by atoms with Gasteiger partial charge in [-0.1, -0.05) is 28.1 Å². The average molecular weight is 520 g/mol. The Morgan fingerprint density at radius 2 is 2.00 bits per heavy atom. The first-order valence-electron chi connectivity index (χ1n) is 10.9. The van der Waals surface area contributed by atoms with E-state index in [9.17, 15) is 10.4 Å². The number of rotatable bonds is 8. The molecule has 0 amide bonds. The molecule has 6 nitrogen and oxygen atoms in total. The molecular formula is C27H26BrN3O3. The summed E-state index contributed by atoms with van der Waals surface area (Å²) >= 11 is 3.54. The number of pyridine rings is 1. The van der Waals surface area contributed by atoms with Crippen LogP contribution >= 0.6 is 15.9 Å². The fourth-order valence-electron chi connectivity index (χ4n) is 4.33. The maximum Gasteiger partial charge on any atom is 0.217 e. The van der Waals surface area contributed by atoms with Crippen molar-refractivity contribution in [3.05, 3.63) is 93.9 Å². The maximum atomic E-state index is 12.5. The van der Waals surface area contributed by atoms with Gasteiger partial charge in [-0.15, -0.1) is 0 Å². The van der Waals surface area contributed by atoms with E-state index in [0.29, 0.717) is 41.3 Å². The molecule has 1 N–H and O–H groups in total. The lowest BCUT2D eigenvalue weighted by Gasteiger charge is -2.37. The van der Waals surface area contributed by atoms with Crippen LogP contribution in [0.2, 0.25) is 0 Å². The van der Waals surface area contributed by atoms with Crippen LogP contribution in [0.1, 0.15) is 34.8 Å². The Kier molecular flexibility index (Phi) is 7.03. The van der Waals surface area contributed by atoms with Crippen LogP contribution < -0.4 is 4.74 Å². The Morgan fingerprint density at radius 1 is 1.18 bits per heavy atom. The van der Waals surface area contributed by atoms with Gasteiger partial charge >= 0.3 is 0 Å². The number of ether oxygens (including phenoxy) is 1. The van der Waals surface area contributed by atoms with Gasteiger partial charge in [-0.25, -0.2) is 4.98 Å². The number of fused-ring (bicyclic) bond motifs is 1. The molecule has 174 valence electrons. The Balaban J connectivity index is 2.01. The molecule has 2 aromatic carbocycles. The van der Waals surface area contributed by atoms with Gasteiger partial charge in [0.1, 0.15) is 11.4 Å². The second-order valence-corrected chi connectivity index (χ2v) is 9.46. The van der Waals surface area contributed by atoms with E-state index in [1.165, 1.54) is 0 Å². The van der Waals surface area contributed by atoms with Gasteiger partial charge in [0, 0.05) is 22.0 Å². The minimum atomic E-state index is -1.41. The molecule has 0 spiro atoms. The second kappa shape index (κ2) is 9.98. The molecule has 0 radical (unpaired) electrons. The molecule has 4 aromatic rings. The highest BCUT2D eigenvalue weighted by molar-refractivity contribution is 9.10. The van der Waals surface area contributed by atoms with Crippen LogP contribution in [-0.2, 0) is 5.60 Å². The van der Waals surface area contributed by atoms with E-state index in [2.05, 4.69) is 22.0 Å². The quantitative estimate of drug-likeness (QED) is 0.333. The minimum Gasteiger partial charge on any atom is -0.481 e. The van der Waals surface area contributed by atoms with E-state index >= 15 is 0 Å². The fraction of sp³-hybridized carbons (Fsp3) is 0.259. The first-order chi connectivity index (χ1) is 16.4. The molecule has 2 aromatic heterocycles. The summed E-state index contributed by atoms with van der Waals surface area (Å²) in [4.78, 5) is 6.76. The molecule has 0 fully saturated rings. The second-order valence-electron chi connectivity index (χ2n) is 8.54. The summed E-state index contributed by atoms with van der Waals surface area (Å²) in [6.07, 6.45) is 1.98. The third-order valence-corrected chi connectivity index (χ3v) is 6.50. The molecule has 2 heterocycles. The number of hydrogen-bond donors (Lipinski definition) is 1. The number of nitrogens with zero attached hydrogens (tertiary/aromatic N) is 3. The molecule has 4 rings (SSSR count). The Hall–Kier alpha value is -3.18. The number of nitriles is 1. The van der Waals surface area contributed by atoms with Crippen molar-refractivity contribution in [2.45, 2.75) is 17.9 Å². The SMILES string of the molecule is COc1nc2ccc(Br)cc2cc1C(c1ccco1)C(O)(CCN(C)C)c1cccc(C#N)c1. The lowest BCUT2D eigenvalue weighted by Crippen LogP contribution is -2.37. The summed E-state index contributed by atoms with van der Waals surface area (Å²) in [6.45, 7) is 0.610. The molecule has 0 bridgehead atoms. The zero-order valence-electron chi connectivity index (χ0n) is 19.3. The number of aliphatic hydroxyl groups is 1. The fourth-order valence-corrected chi connectivity index (χ4v) is 4.70. The smallest absolute Gasteiger partial charge is 0.217 e. The highest BCUT2D eigenvalue weighted by atomic mass is 79.9. The van der Waals surface area contributed by atoms with Gasteiger partial charge in [-0.05, 0) is 74.6 Å².